The average molecular weight is 446 g/mol. The first-order valence-corrected chi connectivity index (χ1v) is 10.4. The van der Waals surface area contributed by atoms with Crippen molar-refractivity contribution >= 4 is 68.5 Å². The third-order valence-corrected chi connectivity index (χ3v) is 5.72. The number of amides is 2. The van der Waals surface area contributed by atoms with Crippen molar-refractivity contribution in [1.82, 2.24) is 15.2 Å². The van der Waals surface area contributed by atoms with E-state index in [1.54, 1.807) is 6.08 Å². The lowest BCUT2D eigenvalue weighted by atomic mass is 10.1. The smallest absolute Gasteiger partial charge is 0.263 e. The Kier molecular flexibility index (Phi) is 4.81. The molecule has 2 heterocycles. The third kappa shape index (κ3) is 3.71. The van der Waals surface area contributed by atoms with Crippen LogP contribution in [0.2, 0.25) is 5.02 Å². The summed E-state index contributed by atoms with van der Waals surface area (Å²) in [5, 5.41) is 8.73. The molecule has 0 spiro atoms. The summed E-state index contributed by atoms with van der Waals surface area (Å²) in [6.45, 7) is 0.634. The van der Waals surface area contributed by atoms with Crippen molar-refractivity contribution in [2.45, 2.75) is 6.54 Å². The van der Waals surface area contributed by atoms with Gasteiger partial charge in [-0.25, -0.2) is 0 Å². The number of rotatable bonds is 3. The molecule has 1 aliphatic rings. The lowest BCUT2D eigenvalue weighted by Crippen LogP contribution is -2.51. The summed E-state index contributed by atoms with van der Waals surface area (Å²) in [6.07, 6.45) is 3.50. The van der Waals surface area contributed by atoms with Crippen LogP contribution in [-0.2, 0) is 16.1 Å². The van der Waals surface area contributed by atoms with Crippen LogP contribution in [0.15, 0.2) is 72.4 Å². The molecule has 2 N–H and O–H groups in total. The maximum atomic E-state index is 12.3. The second-order valence-electron chi connectivity index (χ2n) is 7.35. The summed E-state index contributed by atoms with van der Waals surface area (Å²) in [7, 11) is 0. The SMILES string of the molecule is O=C1NC(=S)NC(=O)C1=Cc1cn(Cc2ccc3ccccc3c2)c2ccc(Cl)cc12. The van der Waals surface area contributed by atoms with Gasteiger partial charge >= 0.3 is 0 Å². The summed E-state index contributed by atoms with van der Waals surface area (Å²) >= 11 is 11.1. The number of halogens is 1. The molecule has 3 aromatic carbocycles. The Balaban J connectivity index is 1.59. The van der Waals surface area contributed by atoms with E-state index in [1.165, 1.54) is 10.8 Å². The molecule has 2 amide bonds. The summed E-state index contributed by atoms with van der Waals surface area (Å²) in [5.41, 5.74) is 2.82. The first kappa shape index (κ1) is 19.5. The van der Waals surface area contributed by atoms with Crippen molar-refractivity contribution in [3.63, 3.8) is 0 Å². The molecule has 5 rings (SSSR count). The number of nitrogens with one attached hydrogen (secondary N) is 2. The number of carbonyl (C=O) groups is 2. The minimum Gasteiger partial charge on any atom is -0.342 e. The minimum atomic E-state index is -0.522. The van der Waals surface area contributed by atoms with Gasteiger partial charge in [0.2, 0.25) is 0 Å². The van der Waals surface area contributed by atoms with Crippen LogP contribution < -0.4 is 10.6 Å². The molecule has 0 unspecified atom stereocenters. The van der Waals surface area contributed by atoms with E-state index in [4.69, 9.17) is 23.8 Å². The summed E-state index contributed by atoms with van der Waals surface area (Å²) in [4.78, 5) is 24.6. The highest BCUT2D eigenvalue weighted by atomic mass is 35.5. The molecule has 0 radical (unpaired) electrons. The summed E-state index contributed by atoms with van der Waals surface area (Å²) in [6, 6.07) is 20.2. The largest absolute Gasteiger partial charge is 0.342 e. The number of hydrogen-bond donors (Lipinski definition) is 2. The fourth-order valence-electron chi connectivity index (χ4n) is 3.84. The maximum absolute atomic E-state index is 12.3. The Morgan fingerprint density at radius 2 is 1.68 bits per heavy atom. The van der Waals surface area contributed by atoms with Crippen LogP contribution >= 0.6 is 23.8 Å². The molecular formula is C24H16ClN3O2S. The number of nitrogens with zero attached hydrogens (tertiary/aromatic N) is 1. The molecule has 1 saturated heterocycles. The van der Waals surface area contributed by atoms with Crippen LogP contribution in [0.5, 0.6) is 0 Å². The number of aromatic nitrogens is 1. The van der Waals surface area contributed by atoms with E-state index < -0.39 is 11.8 Å². The van der Waals surface area contributed by atoms with Crippen molar-refractivity contribution < 1.29 is 9.59 Å². The zero-order valence-corrected chi connectivity index (χ0v) is 17.8. The van der Waals surface area contributed by atoms with E-state index in [9.17, 15) is 9.59 Å². The normalized spacial score (nSPS) is 14.1. The van der Waals surface area contributed by atoms with Gasteiger partial charge < -0.3 is 4.57 Å². The van der Waals surface area contributed by atoms with Gasteiger partial charge in [0.15, 0.2) is 5.11 Å². The molecule has 7 heteroatoms. The first-order valence-electron chi connectivity index (χ1n) is 9.62. The summed E-state index contributed by atoms with van der Waals surface area (Å²) in [5.74, 6) is -1.04. The Bertz CT molecular complexity index is 1420. The quantitative estimate of drug-likeness (QED) is 0.279. The van der Waals surface area contributed by atoms with Crippen LogP contribution in [0.4, 0.5) is 0 Å². The van der Waals surface area contributed by atoms with E-state index in [0.29, 0.717) is 11.6 Å². The molecule has 152 valence electrons. The van der Waals surface area contributed by atoms with Crippen LogP contribution in [0.25, 0.3) is 27.8 Å². The van der Waals surface area contributed by atoms with Crippen LogP contribution in [0.1, 0.15) is 11.1 Å². The van der Waals surface area contributed by atoms with Gasteiger partial charge in [-0.15, -0.1) is 0 Å². The van der Waals surface area contributed by atoms with Gasteiger partial charge in [-0.2, -0.15) is 0 Å². The van der Waals surface area contributed by atoms with Gasteiger partial charge in [-0.3, -0.25) is 20.2 Å². The topological polar surface area (TPSA) is 63.1 Å². The van der Waals surface area contributed by atoms with Gasteiger partial charge in [0.1, 0.15) is 5.57 Å². The Labute approximate surface area is 188 Å². The number of fused-ring (bicyclic) bond motifs is 2. The van der Waals surface area contributed by atoms with E-state index in [1.807, 2.05) is 36.5 Å². The zero-order chi connectivity index (χ0) is 21.5. The zero-order valence-electron chi connectivity index (χ0n) is 16.2. The van der Waals surface area contributed by atoms with E-state index >= 15 is 0 Å². The monoisotopic (exact) mass is 445 g/mol. The van der Waals surface area contributed by atoms with E-state index in [2.05, 4.69) is 45.5 Å². The fraction of sp³-hybridized carbons (Fsp3) is 0.0417. The highest BCUT2D eigenvalue weighted by Gasteiger charge is 2.26. The van der Waals surface area contributed by atoms with Gasteiger partial charge in [-0.05, 0) is 58.9 Å². The highest BCUT2D eigenvalue weighted by molar-refractivity contribution is 7.80. The van der Waals surface area contributed by atoms with Crippen LogP contribution in [0, 0.1) is 0 Å². The van der Waals surface area contributed by atoms with Crippen LogP contribution in [0.3, 0.4) is 0 Å². The maximum Gasteiger partial charge on any atom is 0.263 e. The first-order chi connectivity index (χ1) is 15.0. The molecular weight excluding hydrogens is 430 g/mol. The molecule has 0 aliphatic carbocycles. The van der Waals surface area contributed by atoms with Crippen LogP contribution in [-0.4, -0.2) is 21.5 Å². The number of hydrogen-bond acceptors (Lipinski definition) is 3. The predicted octanol–water partition coefficient (Wildman–Crippen LogP) is 4.41. The minimum absolute atomic E-state index is 0.00155. The predicted molar refractivity (Wildman–Crippen MR) is 127 cm³/mol. The fourth-order valence-corrected chi connectivity index (χ4v) is 4.20. The van der Waals surface area contributed by atoms with Gasteiger partial charge in [0.05, 0.1) is 0 Å². The Morgan fingerprint density at radius 3 is 2.45 bits per heavy atom. The Hall–Kier alpha value is -3.48. The molecule has 5 nitrogen and oxygen atoms in total. The molecule has 0 bridgehead atoms. The second kappa shape index (κ2) is 7.65. The number of carbonyl (C=O) groups excluding carboxylic acids is 2. The second-order valence-corrected chi connectivity index (χ2v) is 8.20. The van der Waals surface area contributed by atoms with Gasteiger partial charge in [-0.1, -0.05) is 48.0 Å². The average Bonchev–Trinajstić information content (AvgIpc) is 3.07. The van der Waals surface area contributed by atoms with Gasteiger partial charge in [0.25, 0.3) is 11.8 Å². The van der Waals surface area contributed by atoms with Crippen molar-refractivity contribution in [1.29, 1.82) is 0 Å². The lowest BCUT2D eigenvalue weighted by molar-refractivity contribution is -0.123. The molecule has 1 fully saturated rings. The number of benzene rings is 3. The molecule has 31 heavy (non-hydrogen) atoms. The van der Waals surface area contributed by atoms with Crippen molar-refractivity contribution in [2.75, 3.05) is 0 Å². The lowest BCUT2D eigenvalue weighted by Gasteiger charge is -2.16. The molecule has 0 atom stereocenters. The Morgan fingerprint density at radius 1 is 0.935 bits per heavy atom. The van der Waals surface area contributed by atoms with Crippen molar-refractivity contribution in [3.05, 3.63) is 88.6 Å². The van der Waals surface area contributed by atoms with Crippen molar-refractivity contribution in [2.24, 2.45) is 0 Å². The highest BCUT2D eigenvalue weighted by Crippen LogP contribution is 2.28. The molecule has 4 aromatic rings. The third-order valence-electron chi connectivity index (χ3n) is 5.28. The van der Waals surface area contributed by atoms with E-state index in [0.717, 1.165) is 22.0 Å². The molecule has 0 saturated carbocycles. The molecule has 1 aromatic heterocycles. The van der Waals surface area contributed by atoms with Gasteiger partial charge in [0, 0.05) is 34.2 Å². The molecule has 1 aliphatic heterocycles. The summed E-state index contributed by atoms with van der Waals surface area (Å²) < 4.78 is 2.09. The van der Waals surface area contributed by atoms with E-state index in [-0.39, 0.29) is 10.7 Å². The standard InChI is InChI=1S/C24H16ClN3O2S/c25-18-7-8-21-19(11-18)17(10-20-22(29)26-24(31)27-23(20)30)13-28(21)12-14-5-6-15-3-1-2-4-16(15)9-14/h1-11,13H,12H2,(H2,26,27,29,30,31). The number of thiocarbonyl (C=S) groups is 1. The van der Waals surface area contributed by atoms with Crippen molar-refractivity contribution in [3.8, 4) is 0 Å².